The van der Waals surface area contributed by atoms with Crippen LogP contribution < -0.4 is 5.73 Å². The predicted octanol–water partition coefficient (Wildman–Crippen LogP) is 1.75. The molecule has 0 aliphatic rings. The second-order valence-corrected chi connectivity index (χ2v) is 4.67. The fourth-order valence-corrected chi connectivity index (χ4v) is 2.09. The number of nitrogens with zero attached hydrogens (tertiary/aromatic N) is 3. The third-order valence-electron chi connectivity index (χ3n) is 2.79. The summed E-state index contributed by atoms with van der Waals surface area (Å²) in [7, 11) is 1.90. The molecule has 0 unspecified atom stereocenters. The molecule has 0 aliphatic carbocycles. The minimum atomic E-state index is 0.597. The van der Waals surface area contributed by atoms with Gasteiger partial charge in [-0.15, -0.1) is 0 Å². The van der Waals surface area contributed by atoms with Crippen molar-refractivity contribution in [1.82, 2.24) is 14.8 Å². The second-order valence-electron chi connectivity index (χ2n) is 4.24. The Morgan fingerprint density at radius 1 is 1.28 bits per heavy atom. The van der Waals surface area contributed by atoms with Crippen LogP contribution in [0.5, 0.6) is 0 Å². The molecule has 0 bridgehead atoms. The third-order valence-corrected chi connectivity index (χ3v) is 3.03. The Morgan fingerprint density at radius 2 is 2.11 bits per heavy atom. The summed E-state index contributed by atoms with van der Waals surface area (Å²) >= 11 is 5.95. The fourth-order valence-electron chi connectivity index (χ4n) is 1.88. The number of benzene rings is 1. The molecule has 2 N–H and O–H groups in total. The highest BCUT2D eigenvalue weighted by Gasteiger charge is 2.06. The first-order valence-electron chi connectivity index (χ1n) is 6.02. The fraction of sp³-hybridized carbons (Fsp3) is 0.385. The molecule has 0 saturated heterocycles. The Bertz CT molecular complexity index is 521. The van der Waals surface area contributed by atoms with E-state index >= 15 is 0 Å². The van der Waals surface area contributed by atoms with Crippen molar-refractivity contribution in [2.75, 3.05) is 6.54 Å². The van der Waals surface area contributed by atoms with E-state index < -0.39 is 0 Å². The van der Waals surface area contributed by atoms with Gasteiger partial charge in [0, 0.05) is 24.9 Å². The average Bonchev–Trinajstić information content (AvgIpc) is 2.69. The molecule has 0 fully saturated rings. The molecule has 2 rings (SSSR count). The van der Waals surface area contributed by atoms with Crippen LogP contribution in [0.15, 0.2) is 24.3 Å². The van der Waals surface area contributed by atoms with E-state index in [1.54, 1.807) is 4.68 Å². The van der Waals surface area contributed by atoms with Crippen molar-refractivity contribution in [2.24, 2.45) is 12.8 Å². The lowest BCUT2D eigenvalue weighted by molar-refractivity contribution is 0.688. The van der Waals surface area contributed by atoms with E-state index in [4.69, 9.17) is 17.3 Å². The van der Waals surface area contributed by atoms with Crippen molar-refractivity contribution < 1.29 is 0 Å². The molecular formula is C13H17ClN4. The molecule has 1 aromatic carbocycles. The Hall–Kier alpha value is -1.39. The van der Waals surface area contributed by atoms with Crippen LogP contribution in [0.1, 0.15) is 17.2 Å². The van der Waals surface area contributed by atoms with Crippen LogP contribution in [0.4, 0.5) is 0 Å². The first-order valence-corrected chi connectivity index (χ1v) is 6.40. The van der Waals surface area contributed by atoms with Gasteiger partial charge in [0.25, 0.3) is 0 Å². The van der Waals surface area contributed by atoms with E-state index in [0.29, 0.717) is 6.54 Å². The predicted molar refractivity (Wildman–Crippen MR) is 72.6 cm³/mol. The summed E-state index contributed by atoms with van der Waals surface area (Å²) in [4.78, 5) is 4.48. The topological polar surface area (TPSA) is 56.7 Å². The number of aryl methyl sites for hydroxylation is 3. The zero-order chi connectivity index (χ0) is 13.0. The Labute approximate surface area is 112 Å². The lowest BCUT2D eigenvalue weighted by Crippen LogP contribution is -2.08. The minimum Gasteiger partial charge on any atom is -0.330 e. The summed E-state index contributed by atoms with van der Waals surface area (Å²) in [5.41, 5.74) is 6.73. The maximum Gasteiger partial charge on any atom is 0.151 e. The van der Waals surface area contributed by atoms with Crippen LogP contribution >= 0.6 is 11.6 Å². The third kappa shape index (κ3) is 3.31. The molecule has 5 heteroatoms. The number of hydrogen-bond donors (Lipinski definition) is 1. The van der Waals surface area contributed by atoms with Gasteiger partial charge < -0.3 is 5.73 Å². The van der Waals surface area contributed by atoms with E-state index in [2.05, 4.69) is 16.1 Å². The van der Waals surface area contributed by atoms with Gasteiger partial charge in [-0.05, 0) is 30.7 Å². The SMILES string of the molecule is Cn1nc(CCc2cccc(Cl)c2)nc1CCN. The normalized spacial score (nSPS) is 10.8. The maximum atomic E-state index is 5.95. The van der Waals surface area contributed by atoms with Gasteiger partial charge in [0.05, 0.1) is 0 Å². The summed E-state index contributed by atoms with van der Waals surface area (Å²) in [6, 6.07) is 7.88. The lowest BCUT2D eigenvalue weighted by Gasteiger charge is -1.99. The molecule has 0 atom stereocenters. The summed E-state index contributed by atoms with van der Waals surface area (Å²) in [6.07, 6.45) is 2.48. The smallest absolute Gasteiger partial charge is 0.151 e. The van der Waals surface area contributed by atoms with Crippen molar-refractivity contribution in [3.8, 4) is 0 Å². The van der Waals surface area contributed by atoms with Gasteiger partial charge in [-0.25, -0.2) is 4.98 Å². The van der Waals surface area contributed by atoms with Crippen molar-refractivity contribution in [3.05, 3.63) is 46.5 Å². The molecule has 1 aromatic heterocycles. The molecule has 0 saturated carbocycles. The Kier molecular flexibility index (Phi) is 4.33. The van der Waals surface area contributed by atoms with Crippen molar-refractivity contribution >= 4 is 11.6 Å². The Balaban J connectivity index is 2.00. The number of nitrogens with two attached hydrogens (primary N) is 1. The number of aromatic nitrogens is 3. The molecule has 1 heterocycles. The van der Waals surface area contributed by atoms with E-state index in [9.17, 15) is 0 Å². The molecule has 0 aliphatic heterocycles. The quantitative estimate of drug-likeness (QED) is 0.895. The zero-order valence-electron chi connectivity index (χ0n) is 10.4. The standard InChI is InChI=1S/C13H17ClN4/c1-18-13(7-8-15)16-12(17-18)6-5-10-3-2-4-11(14)9-10/h2-4,9H,5-8,15H2,1H3. The molecule has 0 radical (unpaired) electrons. The second kappa shape index (κ2) is 5.98. The summed E-state index contributed by atoms with van der Waals surface area (Å²) in [6.45, 7) is 0.597. The highest BCUT2D eigenvalue weighted by Crippen LogP contribution is 2.12. The van der Waals surface area contributed by atoms with Crippen LogP contribution in [0, 0.1) is 0 Å². The van der Waals surface area contributed by atoms with Gasteiger partial charge in [0.15, 0.2) is 5.82 Å². The molecule has 0 spiro atoms. The monoisotopic (exact) mass is 264 g/mol. The van der Waals surface area contributed by atoms with Gasteiger partial charge in [-0.3, -0.25) is 4.68 Å². The number of rotatable bonds is 5. The highest BCUT2D eigenvalue weighted by atomic mass is 35.5. The zero-order valence-corrected chi connectivity index (χ0v) is 11.2. The molecule has 0 amide bonds. The first-order chi connectivity index (χ1) is 8.69. The molecular weight excluding hydrogens is 248 g/mol. The number of halogens is 1. The van der Waals surface area contributed by atoms with Gasteiger partial charge >= 0.3 is 0 Å². The highest BCUT2D eigenvalue weighted by molar-refractivity contribution is 6.30. The van der Waals surface area contributed by atoms with E-state index in [-0.39, 0.29) is 0 Å². The van der Waals surface area contributed by atoms with Crippen LogP contribution in [0.3, 0.4) is 0 Å². The van der Waals surface area contributed by atoms with Crippen molar-refractivity contribution in [1.29, 1.82) is 0 Å². The van der Waals surface area contributed by atoms with Crippen molar-refractivity contribution in [2.45, 2.75) is 19.3 Å². The molecule has 96 valence electrons. The van der Waals surface area contributed by atoms with Gasteiger partial charge in [-0.2, -0.15) is 5.10 Å². The molecule has 2 aromatic rings. The first kappa shape index (κ1) is 13.1. The number of hydrogen-bond acceptors (Lipinski definition) is 3. The largest absolute Gasteiger partial charge is 0.330 e. The summed E-state index contributed by atoms with van der Waals surface area (Å²) in [5.74, 6) is 1.81. The van der Waals surface area contributed by atoms with E-state index in [1.165, 1.54) is 5.56 Å². The molecule has 18 heavy (non-hydrogen) atoms. The van der Waals surface area contributed by atoms with Crippen LogP contribution in [-0.4, -0.2) is 21.3 Å². The average molecular weight is 265 g/mol. The maximum absolute atomic E-state index is 5.95. The van der Waals surface area contributed by atoms with Gasteiger partial charge in [0.1, 0.15) is 5.82 Å². The van der Waals surface area contributed by atoms with Crippen molar-refractivity contribution in [3.63, 3.8) is 0 Å². The van der Waals surface area contributed by atoms with E-state index in [1.807, 2.05) is 25.2 Å². The minimum absolute atomic E-state index is 0.597. The summed E-state index contributed by atoms with van der Waals surface area (Å²) < 4.78 is 1.81. The van der Waals surface area contributed by atoms with Crippen LogP contribution in [0.25, 0.3) is 0 Å². The van der Waals surface area contributed by atoms with E-state index in [0.717, 1.165) is 35.9 Å². The lowest BCUT2D eigenvalue weighted by atomic mass is 10.1. The van der Waals surface area contributed by atoms with Crippen LogP contribution in [0.2, 0.25) is 5.02 Å². The Morgan fingerprint density at radius 3 is 2.83 bits per heavy atom. The summed E-state index contributed by atoms with van der Waals surface area (Å²) in [5, 5.41) is 5.15. The van der Waals surface area contributed by atoms with Gasteiger partial charge in [0.2, 0.25) is 0 Å². The molecule has 4 nitrogen and oxygen atoms in total. The van der Waals surface area contributed by atoms with Gasteiger partial charge in [-0.1, -0.05) is 23.7 Å². The van der Waals surface area contributed by atoms with Crippen LogP contribution in [-0.2, 0) is 26.3 Å².